The lowest BCUT2D eigenvalue weighted by Crippen LogP contribution is -2.56. The van der Waals surface area contributed by atoms with Crippen LogP contribution in [0.3, 0.4) is 0 Å². The number of carbonyl (C=O) groups is 2. The zero-order valence-corrected chi connectivity index (χ0v) is 21.4. The molecular weight excluding hydrogens is 510 g/mol. The lowest BCUT2D eigenvalue weighted by Gasteiger charge is -2.47. The van der Waals surface area contributed by atoms with Gasteiger partial charge in [-0.2, -0.15) is 0 Å². The molecule has 0 radical (unpaired) electrons. The van der Waals surface area contributed by atoms with E-state index in [1.54, 1.807) is 17.9 Å². The van der Waals surface area contributed by atoms with Crippen molar-refractivity contribution < 1.29 is 38.8 Å². The van der Waals surface area contributed by atoms with Gasteiger partial charge in [-0.3, -0.25) is 14.5 Å². The molecule has 1 amide bonds. The van der Waals surface area contributed by atoms with Gasteiger partial charge in [0.25, 0.3) is 5.92 Å². The van der Waals surface area contributed by atoms with Gasteiger partial charge in [0, 0.05) is 30.5 Å². The van der Waals surface area contributed by atoms with E-state index in [0.717, 1.165) is 5.56 Å². The molecule has 1 aliphatic heterocycles. The summed E-state index contributed by atoms with van der Waals surface area (Å²) in [5.74, 6) is -10.1. The highest BCUT2D eigenvalue weighted by Gasteiger charge is 2.57. The number of carbonyl (C=O) groups excluding carboxylic acids is 2. The van der Waals surface area contributed by atoms with Crippen LogP contribution in [-0.4, -0.2) is 61.8 Å². The molecule has 8 nitrogen and oxygen atoms in total. The van der Waals surface area contributed by atoms with Crippen LogP contribution in [-0.2, 0) is 22.6 Å². The Labute approximate surface area is 223 Å². The molecule has 1 heterocycles. The number of fused-ring (bicyclic) bond motifs is 4. The van der Waals surface area contributed by atoms with Gasteiger partial charge in [-0.05, 0) is 60.6 Å². The molecule has 2 aromatic carbocycles. The summed E-state index contributed by atoms with van der Waals surface area (Å²) in [6, 6.07) is 7.19. The van der Waals surface area contributed by atoms with E-state index in [1.165, 1.54) is 0 Å². The van der Waals surface area contributed by atoms with Crippen LogP contribution in [0.25, 0.3) is 16.5 Å². The van der Waals surface area contributed by atoms with Crippen molar-refractivity contribution in [2.45, 2.75) is 50.9 Å². The molecule has 206 valence electrons. The number of nitrogens with two attached hydrogens (primary N) is 1. The zero-order valence-electron chi connectivity index (χ0n) is 21.4. The van der Waals surface area contributed by atoms with E-state index in [4.69, 9.17) is 5.73 Å². The molecule has 1 saturated heterocycles. The third-order valence-corrected chi connectivity index (χ3v) is 8.93. The number of aliphatic hydroxyl groups excluding tert-OH is 1. The van der Waals surface area contributed by atoms with Crippen LogP contribution in [0.5, 0.6) is 5.75 Å². The molecule has 0 spiro atoms. The number of nitrogens with zero attached hydrogens (tertiary/aromatic N) is 1. The number of halogens is 2. The number of hydrogen-bond acceptors (Lipinski definition) is 7. The highest BCUT2D eigenvalue weighted by atomic mass is 19.3. The number of aliphatic hydroxyl groups is 3. The van der Waals surface area contributed by atoms with E-state index in [9.17, 15) is 38.8 Å². The maximum absolute atomic E-state index is 13.7. The Morgan fingerprint density at radius 1 is 1.18 bits per heavy atom. The summed E-state index contributed by atoms with van der Waals surface area (Å²) in [5.41, 5.74) is 6.92. The van der Waals surface area contributed by atoms with Crippen LogP contribution in [0, 0.1) is 17.8 Å². The van der Waals surface area contributed by atoms with Crippen molar-refractivity contribution in [3.05, 3.63) is 57.7 Å². The van der Waals surface area contributed by atoms with Gasteiger partial charge in [0.15, 0.2) is 5.78 Å². The Morgan fingerprint density at radius 3 is 2.59 bits per heavy atom. The van der Waals surface area contributed by atoms with Crippen LogP contribution >= 0.6 is 0 Å². The van der Waals surface area contributed by atoms with Crippen molar-refractivity contribution >= 4 is 28.2 Å². The monoisotopic (exact) mass is 540 g/mol. The number of phenolic OH excluding ortho intramolecular Hbond substituents is 1. The number of primary amides is 1. The van der Waals surface area contributed by atoms with Gasteiger partial charge in [0.1, 0.15) is 11.5 Å². The Bertz CT molecular complexity index is 1510. The molecule has 2 fully saturated rings. The first kappa shape index (κ1) is 25.9. The molecular formula is C29H30F2N2O6. The topological polar surface area (TPSA) is 144 Å². The number of phenols is 1. The third kappa shape index (κ3) is 3.96. The second-order valence-corrected chi connectivity index (χ2v) is 11.6. The van der Waals surface area contributed by atoms with E-state index >= 15 is 0 Å². The van der Waals surface area contributed by atoms with Gasteiger partial charge in [0.2, 0.25) is 11.7 Å². The Balaban J connectivity index is 1.40. The summed E-state index contributed by atoms with van der Waals surface area (Å²) in [6.07, 6.45) is 0.827. The number of allylic oxidation sites excluding steroid dienone is 2. The molecule has 6 rings (SSSR count). The minimum atomic E-state index is -2.78. The van der Waals surface area contributed by atoms with E-state index in [2.05, 4.69) is 0 Å². The lowest BCUT2D eigenvalue weighted by atomic mass is 9.58. The summed E-state index contributed by atoms with van der Waals surface area (Å²) >= 11 is 0. The van der Waals surface area contributed by atoms with Gasteiger partial charge in [-0.25, -0.2) is 8.78 Å². The number of benzene rings is 2. The number of likely N-dealkylation sites (tertiary alicyclic amines) is 1. The van der Waals surface area contributed by atoms with Gasteiger partial charge in [0.05, 0.1) is 23.6 Å². The number of hydrogen-bond donors (Lipinski definition) is 5. The summed E-state index contributed by atoms with van der Waals surface area (Å²) in [7, 11) is 0. The summed E-state index contributed by atoms with van der Waals surface area (Å²) in [4.78, 5) is 27.4. The number of Topliss-reactive ketones (excluding diaryl/α,β-unsaturated/α-hetero) is 1. The summed E-state index contributed by atoms with van der Waals surface area (Å²) < 4.78 is 27.3. The molecule has 4 aliphatic rings. The molecule has 0 bridgehead atoms. The Morgan fingerprint density at radius 2 is 1.92 bits per heavy atom. The van der Waals surface area contributed by atoms with Crippen molar-refractivity contribution in [3.63, 3.8) is 0 Å². The molecule has 1 saturated carbocycles. The average Bonchev–Trinajstić information content (AvgIpc) is 3.15. The quantitative estimate of drug-likeness (QED) is 0.377. The maximum atomic E-state index is 13.7. The minimum Gasteiger partial charge on any atom is -0.507 e. The predicted molar refractivity (Wildman–Crippen MR) is 137 cm³/mol. The summed E-state index contributed by atoms with van der Waals surface area (Å²) in [6.45, 7) is 1.81. The van der Waals surface area contributed by atoms with Crippen LogP contribution in [0.4, 0.5) is 8.78 Å². The minimum absolute atomic E-state index is 0.00435. The number of amides is 1. The van der Waals surface area contributed by atoms with Crippen molar-refractivity contribution in [1.29, 1.82) is 0 Å². The van der Waals surface area contributed by atoms with E-state index in [0.29, 0.717) is 41.2 Å². The molecule has 0 aromatic heterocycles. The van der Waals surface area contributed by atoms with E-state index in [1.807, 2.05) is 18.2 Å². The number of rotatable bonds is 3. The molecule has 10 heteroatoms. The molecule has 6 N–H and O–H groups in total. The smallest absolute Gasteiger partial charge is 0.261 e. The van der Waals surface area contributed by atoms with Crippen molar-refractivity contribution in [2.24, 2.45) is 23.5 Å². The zero-order chi connectivity index (χ0) is 28.0. The van der Waals surface area contributed by atoms with Crippen molar-refractivity contribution in [3.8, 4) is 5.75 Å². The largest absolute Gasteiger partial charge is 0.507 e. The standard InChI is InChI=1S/C29H30F2N2O6/c1-13-6-18-10-17-9-16-8-15-3-2-14(11-33-5-4-28(30,31)12-33)7-19(15)24(34)20(16)25(35)21(17)26(36)23(18)29(38,39)22(13)27(32)37/h2-3,7-8,17-18,23,34-35,38-39H,4-6,9-12H2,1H3,(H2,32,37)/t17?,18-,23?/m1/s1. The Hall–Kier alpha value is -3.34. The van der Waals surface area contributed by atoms with E-state index < -0.39 is 52.5 Å². The number of aromatic hydroxyl groups is 1. The molecule has 2 aromatic rings. The van der Waals surface area contributed by atoms with Crippen molar-refractivity contribution in [1.82, 2.24) is 4.90 Å². The van der Waals surface area contributed by atoms with Gasteiger partial charge in [-0.1, -0.05) is 23.8 Å². The SMILES string of the molecule is CC1=C(C(N)=O)C(O)(O)C2C(=O)C3=C(O)c4c(cc5ccc(CN6CCC(F)(F)C6)cc5c4O)CC3C[C@H]2C1. The fourth-order valence-corrected chi connectivity index (χ4v) is 7.37. The fourth-order valence-electron chi connectivity index (χ4n) is 7.37. The van der Waals surface area contributed by atoms with Crippen LogP contribution in [0.15, 0.2) is 41.0 Å². The Kier molecular flexibility index (Phi) is 5.70. The first-order chi connectivity index (χ1) is 18.3. The second kappa shape index (κ2) is 8.58. The first-order valence-electron chi connectivity index (χ1n) is 13.1. The molecule has 39 heavy (non-hydrogen) atoms. The molecule has 3 atom stereocenters. The van der Waals surface area contributed by atoms with Crippen molar-refractivity contribution in [2.75, 3.05) is 13.1 Å². The van der Waals surface area contributed by atoms with Gasteiger partial charge in [-0.15, -0.1) is 0 Å². The maximum Gasteiger partial charge on any atom is 0.261 e. The average molecular weight is 541 g/mol. The normalized spacial score (nSPS) is 27.9. The van der Waals surface area contributed by atoms with Gasteiger partial charge < -0.3 is 26.2 Å². The number of ketones is 1. The van der Waals surface area contributed by atoms with E-state index in [-0.39, 0.29) is 42.9 Å². The summed E-state index contributed by atoms with van der Waals surface area (Å²) in [5, 5.41) is 45.7. The molecule has 2 unspecified atom stereocenters. The highest BCUT2D eigenvalue weighted by Crippen LogP contribution is 2.53. The lowest BCUT2D eigenvalue weighted by molar-refractivity contribution is -0.195. The molecule has 3 aliphatic carbocycles. The van der Waals surface area contributed by atoms with Crippen LogP contribution in [0.1, 0.15) is 42.9 Å². The van der Waals surface area contributed by atoms with Crippen LogP contribution in [0.2, 0.25) is 0 Å². The first-order valence-corrected chi connectivity index (χ1v) is 13.1. The highest BCUT2D eigenvalue weighted by molar-refractivity contribution is 6.09. The predicted octanol–water partition coefficient (Wildman–Crippen LogP) is 2.92. The fraction of sp³-hybridized carbons (Fsp3) is 0.448. The third-order valence-electron chi connectivity index (χ3n) is 8.93. The second-order valence-electron chi connectivity index (χ2n) is 11.6. The number of alkyl halides is 2. The van der Waals surface area contributed by atoms with Gasteiger partial charge >= 0.3 is 0 Å². The van der Waals surface area contributed by atoms with Crippen LogP contribution < -0.4 is 5.73 Å².